The van der Waals surface area contributed by atoms with Gasteiger partial charge in [-0.25, -0.2) is 0 Å². The molecule has 0 fully saturated rings. The maximum absolute atomic E-state index is 4.49. The molecule has 0 bridgehead atoms. The monoisotopic (exact) mass is 193 g/mol. The summed E-state index contributed by atoms with van der Waals surface area (Å²) in [4.78, 5) is 4.49. The first-order valence-corrected chi connectivity index (χ1v) is 4.25. The molecule has 0 atom stereocenters. The molecular weight excluding hydrogens is 182 g/mol. The number of rotatable bonds is 1. The van der Waals surface area contributed by atoms with Crippen molar-refractivity contribution in [2.75, 3.05) is 0 Å². The molecule has 0 aliphatic rings. The Kier molecular flexibility index (Phi) is 3.26. The van der Waals surface area contributed by atoms with Crippen LogP contribution in [0.1, 0.15) is 12.6 Å². The van der Waals surface area contributed by atoms with Crippen molar-refractivity contribution in [1.29, 1.82) is 0 Å². The summed E-state index contributed by atoms with van der Waals surface area (Å²) < 4.78 is 0. The van der Waals surface area contributed by atoms with E-state index >= 15 is 0 Å². The molecule has 68 valence electrons. The van der Waals surface area contributed by atoms with Crippen LogP contribution < -0.4 is 0 Å². The van der Waals surface area contributed by atoms with Gasteiger partial charge in [-0.3, -0.25) is 4.98 Å². The van der Waals surface area contributed by atoms with E-state index in [-0.39, 0.29) is 12.4 Å². The van der Waals surface area contributed by atoms with Crippen LogP contribution in [-0.4, -0.2) is 4.98 Å². The molecule has 2 heteroatoms. The molecule has 2 aromatic rings. The summed E-state index contributed by atoms with van der Waals surface area (Å²) in [6.45, 7) is 2.12. The third kappa shape index (κ3) is 1.99. The fraction of sp³-hybridized carbons (Fsp3) is 0.182. The molecular formula is C11H12ClN. The van der Waals surface area contributed by atoms with E-state index in [1.807, 2.05) is 12.1 Å². The van der Waals surface area contributed by atoms with Gasteiger partial charge in [0.05, 0.1) is 5.52 Å². The highest BCUT2D eigenvalue weighted by atomic mass is 35.5. The van der Waals surface area contributed by atoms with Crippen LogP contribution in [0.3, 0.4) is 0 Å². The van der Waals surface area contributed by atoms with Gasteiger partial charge in [-0.1, -0.05) is 31.2 Å². The lowest BCUT2D eigenvalue weighted by Crippen LogP contribution is -1.86. The standard InChI is InChI=1S/C11H11N.ClH/c1-2-10-8-7-9-5-3-4-6-11(9)12-10;/h3-8H,2H2,1H3;1H. The molecule has 1 nitrogen and oxygen atoms in total. The largest absolute Gasteiger partial charge is 0.253 e. The molecule has 0 aliphatic heterocycles. The van der Waals surface area contributed by atoms with Crippen molar-refractivity contribution < 1.29 is 0 Å². The fourth-order valence-electron chi connectivity index (χ4n) is 1.31. The van der Waals surface area contributed by atoms with Crippen LogP contribution in [0.25, 0.3) is 10.9 Å². The first-order chi connectivity index (χ1) is 5.90. The number of hydrogen-bond acceptors (Lipinski definition) is 1. The van der Waals surface area contributed by atoms with E-state index in [0.29, 0.717) is 0 Å². The van der Waals surface area contributed by atoms with Gasteiger partial charge in [0.15, 0.2) is 0 Å². The zero-order valence-corrected chi connectivity index (χ0v) is 8.34. The van der Waals surface area contributed by atoms with Gasteiger partial charge < -0.3 is 0 Å². The van der Waals surface area contributed by atoms with Crippen LogP contribution in [0, 0.1) is 0 Å². The Morgan fingerprint density at radius 2 is 1.85 bits per heavy atom. The summed E-state index contributed by atoms with van der Waals surface area (Å²) in [7, 11) is 0. The zero-order chi connectivity index (χ0) is 8.39. The van der Waals surface area contributed by atoms with Crippen LogP contribution >= 0.6 is 12.4 Å². The van der Waals surface area contributed by atoms with Gasteiger partial charge in [0.1, 0.15) is 0 Å². The number of aryl methyl sites for hydroxylation is 1. The number of halogens is 1. The molecule has 0 amide bonds. The number of pyridine rings is 1. The summed E-state index contributed by atoms with van der Waals surface area (Å²) in [5.41, 5.74) is 2.26. The van der Waals surface area contributed by atoms with Crippen molar-refractivity contribution in [3.63, 3.8) is 0 Å². The van der Waals surface area contributed by atoms with Crippen LogP contribution in [-0.2, 0) is 6.42 Å². The topological polar surface area (TPSA) is 12.9 Å². The van der Waals surface area contributed by atoms with E-state index in [4.69, 9.17) is 0 Å². The molecule has 0 spiro atoms. The van der Waals surface area contributed by atoms with Crippen molar-refractivity contribution in [3.05, 3.63) is 42.1 Å². The van der Waals surface area contributed by atoms with Gasteiger partial charge in [-0.2, -0.15) is 0 Å². The Morgan fingerprint density at radius 1 is 1.08 bits per heavy atom. The van der Waals surface area contributed by atoms with Crippen molar-refractivity contribution in [1.82, 2.24) is 4.98 Å². The number of fused-ring (bicyclic) bond motifs is 1. The minimum absolute atomic E-state index is 0. The summed E-state index contributed by atoms with van der Waals surface area (Å²) in [6.07, 6.45) is 1.00. The second-order valence-corrected chi connectivity index (χ2v) is 2.85. The van der Waals surface area contributed by atoms with Gasteiger partial charge in [0.25, 0.3) is 0 Å². The van der Waals surface area contributed by atoms with Crippen LogP contribution in [0.15, 0.2) is 36.4 Å². The predicted molar refractivity (Wildman–Crippen MR) is 58.4 cm³/mol. The van der Waals surface area contributed by atoms with Crippen molar-refractivity contribution in [3.8, 4) is 0 Å². The third-order valence-electron chi connectivity index (χ3n) is 2.02. The Balaban J connectivity index is 0.000000845. The van der Waals surface area contributed by atoms with Gasteiger partial charge in [-0.15, -0.1) is 12.4 Å². The average Bonchev–Trinajstić information content (AvgIpc) is 2.17. The molecule has 0 aliphatic carbocycles. The van der Waals surface area contributed by atoms with E-state index in [1.54, 1.807) is 0 Å². The lowest BCUT2D eigenvalue weighted by Gasteiger charge is -1.98. The number of para-hydroxylation sites is 1. The Hall–Kier alpha value is -1.08. The normalized spacial score (nSPS) is 9.62. The van der Waals surface area contributed by atoms with Crippen LogP contribution in [0.2, 0.25) is 0 Å². The van der Waals surface area contributed by atoms with Crippen molar-refractivity contribution >= 4 is 23.3 Å². The molecule has 1 aromatic carbocycles. The third-order valence-corrected chi connectivity index (χ3v) is 2.02. The molecule has 0 N–H and O–H groups in total. The van der Waals surface area contributed by atoms with Crippen LogP contribution in [0.4, 0.5) is 0 Å². The second kappa shape index (κ2) is 4.24. The quantitative estimate of drug-likeness (QED) is 0.678. The lowest BCUT2D eigenvalue weighted by atomic mass is 10.2. The molecule has 1 heterocycles. The van der Waals surface area contributed by atoms with Crippen molar-refractivity contribution in [2.24, 2.45) is 0 Å². The van der Waals surface area contributed by atoms with Gasteiger partial charge >= 0.3 is 0 Å². The molecule has 1 aromatic heterocycles. The van der Waals surface area contributed by atoms with E-state index in [1.165, 1.54) is 5.39 Å². The second-order valence-electron chi connectivity index (χ2n) is 2.85. The maximum atomic E-state index is 4.49. The first kappa shape index (κ1) is 10.0. The average molecular weight is 194 g/mol. The summed E-state index contributed by atoms with van der Waals surface area (Å²) >= 11 is 0. The van der Waals surface area contributed by atoms with E-state index in [2.05, 4.69) is 36.2 Å². The molecule has 0 saturated carbocycles. The zero-order valence-electron chi connectivity index (χ0n) is 7.53. The SMILES string of the molecule is CCc1ccc2ccccc2n1.Cl. The summed E-state index contributed by atoms with van der Waals surface area (Å²) in [6, 6.07) is 12.4. The first-order valence-electron chi connectivity index (χ1n) is 4.25. The number of nitrogens with zero attached hydrogens (tertiary/aromatic N) is 1. The minimum atomic E-state index is 0. The molecule has 0 unspecified atom stereocenters. The van der Waals surface area contributed by atoms with Crippen molar-refractivity contribution in [2.45, 2.75) is 13.3 Å². The number of hydrogen-bond donors (Lipinski definition) is 0. The maximum Gasteiger partial charge on any atom is 0.0705 e. The predicted octanol–water partition coefficient (Wildman–Crippen LogP) is 3.22. The van der Waals surface area contributed by atoms with Crippen LogP contribution in [0.5, 0.6) is 0 Å². The highest BCUT2D eigenvalue weighted by molar-refractivity contribution is 5.85. The number of aromatic nitrogens is 1. The molecule has 0 saturated heterocycles. The molecule has 0 radical (unpaired) electrons. The molecule has 13 heavy (non-hydrogen) atoms. The Labute approximate surface area is 84.2 Å². The van der Waals surface area contributed by atoms with Gasteiger partial charge in [0, 0.05) is 11.1 Å². The van der Waals surface area contributed by atoms with E-state index < -0.39 is 0 Å². The molecule has 2 rings (SSSR count). The Morgan fingerprint density at radius 3 is 2.62 bits per heavy atom. The summed E-state index contributed by atoms with van der Waals surface area (Å²) in [5, 5.41) is 1.22. The fourth-order valence-corrected chi connectivity index (χ4v) is 1.31. The van der Waals surface area contributed by atoms with Gasteiger partial charge in [0.2, 0.25) is 0 Å². The summed E-state index contributed by atoms with van der Waals surface area (Å²) in [5.74, 6) is 0. The Bertz CT molecular complexity index is 398. The number of benzene rings is 1. The highest BCUT2D eigenvalue weighted by Gasteiger charge is 1.93. The van der Waals surface area contributed by atoms with Gasteiger partial charge in [-0.05, 0) is 18.6 Å². The lowest BCUT2D eigenvalue weighted by molar-refractivity contribution is 1.06. The highest BCUT2D eigenvalue weighted by Crippen LogP contribution is 2.11. The smallest absolute Gasteiger partial charge is 0.0705 e. The minimum Gasteiger partial charge on any atom is -0.253 e. The van der Waals surface area contributed by atoms with E-state index in [0.717, 1.165) is 17.6 Å². The van der Waals surface area contributed by atoms with E-state index in [9.17, 15) is 0 Å².